The van der Waals surface area contributed by atoms with Gasteiger partial charge in [0.1, 0.15) is 5.69 Å². The Kier molecular flexibility index (Phi) is 4.45. The molecule has 0 aliphatic rings. The van der Waals surface area contributed by atoms with Gasteiger partial charge in [-0.25, -0.2) is 0 Å². The molecule has 1 aromatic rings. The van der Waals surface area contributed by atoms with Crippen LogP contribution in [-0.4, -0.2) is 33.9 Å². The highest BCUT2D eigenvalue weighted by molar-refractivity contribution is 5.99. The van der Waals surface area contributed by atoms with Crippen LogP contribution in [-0.2, 0) is 0 Å². The molecule has 5 heteroatoms. The van der Waals surface area contributed by atoms with Crippen molar-refractivity contribution in [1.29, 1.82) is 0 Å². The molecule has 0 aliphatic heterocycles. The predicted molar refractivity (Wildman–Crippen MR) is 64.0 cm³/mol. The van der Waals surface area contributed by atoms with Crippen LogP contribution in [0.1, 0.15) is 48.0 Å². The van der Waals surface area contributed by atoms with Crippen LogP contribution in [0.2, 0.25) is 0 Å². The largest absolute Gasteiger partial charge is 0.393 e. The maximum Gasteiger partial charge on any atom is 0.267 e. The Bertz CT molecular complexity index is 410. The highest BCUT2D eigenvalue weighted by atomic mass is 16.3. The third-order valence-electron chi connectivity index (χ3n) is 2.41. The number of carbonyl (C=O) groups excluding carboxylic acids is 2. The number of carbonyl (C=O) groups is 2. The molecule has 1 amide bonds. The lowest BCUT2D eigenvalue weighted by molar-refractivity contribution is 0.0918. The molecule has 0 saturated heterocycles. The first-order chi connectivity index (χ1) is 7.90. The zero-order valence-electron chi connectivity index (χ0n) is 10.3. The van der Waals surface area contributed by atoms with Gasteiger partial charge in [-0.05, 0) is 33.3 Å². The SMILES string of the molecule is CC(=O)c1c[nH]c(C(=O)NC(C)CC(C)O)c1. The number of rotatable bonds is 5. The number of hydrogen-bond acceptors (Lipinski definition) is 3. The standard InChI is InChI=1S/C12H18N2O3/c1-7(4-8(2)15)14-12(17)11-5-10(6-13-11)9(3)16/h5-8,13,15H,4H2,1-3H3,(H,14,17). The number of nitrogens with one attached hydrogen (secondary N) is 2. The molecular weight excluding hydrogens is 220 g/mol. The van der Waals surface area contributed by atoms with Crippen LogP contribution in [0.15, 0.2) is 12.3 Å². The Morgan fingerprint density at radius 3 is 2.59 bits per heavy atom. The van der Waals surface area contributed by atoms with Gasteiger partial charge in [-0.15, -0.1) is 0 Å². The predicted octanol–water partition coefficient (Wildman–Crippen LogP) is 1.11. The number of aliphatic hydroxyl groups excluding tert-OH is 1. The maximum atomic E-state index is 11.7. The number of aliphatic hydroxyl groups is 1. The smallest absolute Gasteiger partial charge is 0.267 e. The van der Waals surface area contributed by atoms with Gasteiger partial charge in [0.15, 0.2) is 5.78 Å². The zero-order chi connectivity index (χ0) is 13.0. The second kappa shape index (κ2) is 5.63. The van der Waals surface area contributed by atoms with Crippen molar-refractivity contribution < 1.29 is 14.7 Å². The molecule has 17 heavy (non-hydrogen) atoms. The van der Waals surface area contributed by atoms with Gasteiger partial charge in [-0.2, -0.15) is 0 Å². The average Bonchev–Trinajstić information content (AvgIpc) is 2.64. The first-order valence-corrected chi connectivity index (χ1v) is 5.58. The van der Waals surface area contributed by atoms with Crippen molar-refractivity contribution in [3.63, 3.8) is 0 Å². The summed E-state index contributed by atoms with van der Waals surface area (Å²) in [6, 6.07) is 1.40. The minimum Gasteiger partial charge on any atom is -0.393 e. The summed E-state index contributed by atoms with van der Waals surface area (Å²) in [6.45, 7) is 4.94. The molecule has 94 valence electrons. The molecule has 0 fully saturated rings. The Labute approximate surface area is 100 Å². The van der Waals surface area contributed by atoms with E-state index in [4.69, 9.17) is 0 Å². The van der Waals surface area contributed by atoms with E-state index in [0.29, 0.717) is 17.7 Å². The first-order valence-electron chi connectivity index (χ1n) is 5.58. The fraction of sp³-hybridized carbons (Fsp3) is 0.500. The highest BCUT2D eigenvalue weighted by Crippen LogP contribution is 2.05. The fourth-order valence-corrected chi connectivity index (χ4v) is 1.60. The molecule has 0 bridgehead atoms. The minimum absolute atomic E-state index is 0.0858. The number of aromatic amines is 1. The van der Waals surface area contributed by atoms with Crippen molar-refractivity contribution in [2.24, 2.45) is 0 Å². The second-order valence-corrected chi connectivity index (χ2v) is 4.32. The van der Waals surface area contributed by atoms with Gasteiger partial charge in [0.2, 0.25) is 0 Å². The molecule has 2 unspecified atom stereocenters. The van der Waals surface area contributed by atoms with Gasteiger partial charge in [-0.1, -0.05) is 0 Å². The molecule has 0 aromatic carbocycles. The van der Waals surface area contributed by atoms with Gasteiger partial charge in [-0.3, -0.25) is 9.59 Å². The number of amides is 1. The zero-order valence-corrected chi connectivity index (χ0v) is 10.3. The van der Waals surface area contributed by atoms with Gasteiger partial charge >= 0.3 is 0 Å². The Morgan fingerprint density at radius 1 is 1.47 bits per heavy atom. The summed E-state index contributed by atoms with van der Waals surface area (Å²) in [5, 5.41) is 11.9. The number of aromatic nitrogens is 1. The summed E-state index contributed by atoms with van der Waals surface area (Å²) in [7, 11) is 0. The van der Waals surface area contributed by atoms with E-state index in [0.717, 1.165) is 0 Å². The van der Waals surface area contributed by atoms with Gasteiger partial charge in [0, 0.05) is 17.8 Å². The number of H-pyrrole nitrogens is 1. The molecule has 0 radical (unpaired) electrons. The van der Waals surface area contributed by atoms with Crippen LogP contribution < -0.4 is 5.32 Å². The minimum atomic E-state index is -0.457. The Balaban J connectivity index is 2.60. The number of Topliss-reactive ketones (excluding diaryl/α,β-unsaturated/α-hetero) is 1. The lowest BCUT2D eigenvalue weighted by Crippen LogP contribution is -2.34. The van der Waals surface area contributed by atoms with Crippen molar-refractivity contribution in [1.82, 2.24) is 10.3 Å². The summed E-state index contributed by atoms with van der Waals surface area (Å²) in [6.07, 6.45) is 1.55. The van der Waals surface area contributed by atoms with Crippen molar-refractivity contribution in [2.45, 2.75) is 39.3 Å². The van der Waals surface area contributed by atoms with Gasteiger partial charge in [0.25, 0.3) is 5.91 Å². The summed E-state index contributed by atoms with van der Waals surface area (Å²) < 4.78 is 0. The number of ketones is 1. The van der Waals surface area contributed by atoms with E-state index in [-0.39, 0.29) is 17.7 Å². The lowest BCUT2D eigenvalue weighted by atomic mass is 10.1. The van der Waals surface area contributed by atoms with E-state index < -0.39 is 6.10 Å². The summed E-state index contributed by atoms with van der Waals surface area (Å²) in [5.41, 5.74) is 0.839. The third-order valence-corrected chi connectivity index (χ3v) is 2.41. The normalized spacial score (nSPS) is 14.1. The molecule has 1 rings (SSSR count). The maximum absolute atomic E-state index is 11.7. The molecule has 2 atom stereocenters. The van der Waals surface area contributed by atoms with Crippen LogP contribution in [0.25, 0.3) is 0 Å². The summed E-state index contributed by atoms with van der Waals surface area (Å²) >= 11 is 0. The van der Waals surface area contributed by atoms with Crippen LogP contribution in [0.5, 0.6) is 0 Å². The van der Waals surface area contributed by atoms with E-state index in [2.05, 4.69) is 10.3 Å². The lowest BCUT2D eigenvalue weighted by Gasteiger charge is -2.14. The molecule has 1 aromatic heterocycles. The van der Waals surface area contributed by atoms with Crippen molar-refractivity contribution >= 4 is 11.7 Å². The van der Waals surface area contributed by atoms with Gasteiger partial charge in [0.05, 0.1) is 6.10 Å². The molecule has 3 N–H and O–H groups in total. The molecular formula is C12H18N2O3. The molecule has 0 aliphatic carbocycles. The Hall–Kier alpha value is -1.62. The average molecular weight is 238 g/mol. The quantitative estimate of drug-likeness (QED) is 0.672. The van der Waals surface area contributed by atoms with E-state index in [9.17, 15) is 14.7 Å². The topological polar surface area (TPSA) is 82.2 Å². The van der Waals surface area contributed by atoms with E-state index in [1.807, 2.05) is 6.92 Å². The summed E-state index contributed by atoms with van der Waals surface area (Å²) in [4.78, 5) is 25.6. The van der Waals surface area contributed by atoms with Crippen LogP contribution >= 0.6 is 0 Å². The second-order valence-electron chi connectivity index (χ2n) is 4.32. The highest BCUT2D eigenvalue weighted by Gasteiger charge is 2.14. The van der Waals surface area contributed by atoms with E-state index in [1.54, 1.807) is 6.92 Å². The molecule has 5 nitrogen and oxygen atoms in total. The number of hydrogen-bond donors (Lipinski definition) is 3. The van der Waals surface area contributed by atoms with Gasteiger partial charge < -0.3 is 15.4 Å². The first kappa shape index (κ1) is 13.4. The fourth-order valence-electron chi connectivity index (χ4n) is 1.60. The van der Waals surface area contributed by atoms with Crippen LogP contribution in [0.3, 0.4) is 0 Å². The van der Waals surface area contributed by atoms with Crippen LogP contribution in [0, 0.1) is 0 Å². The van der Waals surface area contributed by atoms with Crippen molar-refractivity contribution in [3.05, 3.63) is 23.5 Å². The van der Waals surface area contributed by atoms with Crippen LogP contribution in [0.4, 0.5) is 0 Å². The monoisotopic (exact) mass is 238 g/mol. The summed E-state index contributed by atoms with van der Waals surface area (Å²) in [5.74, 6) is -0.358. The van der Waals surface area contributed by atoms with Crippen molar-refractivity contribution in [3.8, 4) is 0 Å². The molecule has 1 heterocycles. The Morgan fingerprint density at radius 2 is 2.12 bits per heavy atom. The molecule has 0 saturated carbocycles. The van der Waals surface area contributed by atoms with E-state index in [1.165, 1.54) is 19.2 Å². The van der Waals surface area contributed by atoms with E-state index >= 15 is 0 Å². The third kappa shape index (κ3) is 4.03. The van der Waals surface area contributed by atoms with Crippen molar-refractivity contribution in [2.75, 3.05) is 0 Å². The molecule has 0 spiro atoms.